The predicted octanol–water partition coefficient (Wildman–Crippen LogP) is 7.24. The monoisotopic (exact) mass is 491 g/mol. The number of hydrogen-bond acceptors (Lipinski definition) is 5. The molecule has 1 N–H and O–H groups in total. The van der Waals surface area contributed by atoms with Crippen molar-refractivity contribution in [3.8, 4) is 11.5 Å². The fourth-order valence-electron chi connectivity index (χ4n) is 5.93. The van der Waals surface area contributed by atoms with E-state index in [1.165, 1.54) is 30.6 Å². The Morgan fingerprint density at radius 2 is 1.86 bits per heavy atom. The number of carbonyl (C=O) groups is 1. The summed E-state index contributed by atoms with van der Waals surface area (Å²) >= 11 is 1.69. The second kappa shape index (κ2) is 10.7. The van der Waals surface area contributed by atoms with Crippen LogP contribution in [0.1, 0.15) is 79.1 Å². The van der Waals surface area contributed by atoms with Gasteiger partial charge in [-0.1, -0.05) is 26.7 Å². The van der Waals surface area contributed by atoms with Gasteiger partial charge >= 0.3 is 0 Å². The molecule has 1 aliphatic carbocycles. The Labute approximate surface area is 212 Å². The molecule has 5 heteroatoms. The maximum Gasteiger partial charge on any atom is 0.194 e. The predicted molar refractivity (Wildman–Crippen MR) is 144 cm³/mol. The van der Waals surface area contributed by atoms with Gasteiger partial charge in [0.2, 0.25) is 0 Å². The summed E-state index contributed by atoms with van der Waals surface area (Å²) in [5.74, 6) is 3.00. The van der Waals surface area contributed by atoms with Crippen LogP contribution in [0.15, 0.2) is 42.5 Å². The van der Waals surface area contributed by atoms with Crippen molar-refractivity contribution in [2.75, 3.05) is 26.2 Å². The van der Waals surface area contributed by atoms with Gasteiger partial charge in [-0.15, -0.1) is 11.3 Å². The molecule has 0 amide bonds. The van der Waals surface area contributed by atoms with Crippen LogP contribution in [-0.4, -0.2) is 42.0 Å². The van der Waals surface area contributed by atoms with Crippen molar-refractivity contribution in [2.24, 2.45) is 11.8 Å². The summed E-state index contributed by atoms with van der Waals surface area (Å²) in [7, 11) is 0. The molecule has 0 spiro atoms. The summed E-state index contributed by atoms with van der Waals surface area (Å²) in [5, 5.41) is 11.0. The summed E-state index contributed by atoms with van der Waals surface area (Å²) < 4.78 is 7.00. The van der Waals surface area contributed by atoms with E-state index in [1.807, 2.05) is 30.3 Å². The van der Waals surface area contributed by atoms with Crippen molar-refractivity contribution in [3.05, 3.63) is 58.5 Å². The summed E-state index contributed by atoms with van der Waals surface area (Å²) in [6.45, 7) is 8.57. The van der Waals surface area contributed by atoms with Crippen molar-refractivity contribution in [1.82, 2.24) is 4.90 Å². The number of aromatic hydroxyl groups is 1. The number of ketones is 1. The lowest BCUT2D eigenvalue weighted by Gasteiger charge is -2.30. The first-order chi connectivity index (χ1) is 17.0. The summed E-state index contributed by atoms with van der Waals surface area (Å²) in [4.78, 5) is 17.5. The number of phenolic OH excluding ortho intramolecular Hbond substituents is 1. The number of likely N-dealkylation sites (tertiary alicyclic amines) is 1. The summed E-state index contributed by atoms with van der Waals surface area (Å²) in [6.07, 6.45) is 7.34. The van der Waals surface area contributed by atoms with E-state index >= 15 is 0 Å². The number of carbonyl (C=O) groups excluding carboxylic acids is 1. The minimum atomic E-state index is 0.0732. The van der Waals surface area contributed by atoms with Crippen molar-refractivity contribution in [2.45, 2.75) is 58.3 Å². The van der Waals surface area contributed by atoms with Crippen LogP contribution in [0.3, 0.4) is 0 Å². The first-order valence-corrected chi connectivity index (χ1v) is 14.0. The first-order valence-electron chi connectivity index (χ1n) is 13.2. The Morgan fingerprint density at radius 3 is 2.63 bits per heavy atom. The molecule has 35 heavy (non-hydrogen) atoms. The average molecular weight is 492 g/mol. The maximum atomic E-state index is 13.8. The molecular weight excluding hydrogens is 454 g/mol. The Kier molecular flexibility index (Phi) is 7.45. The largest absolute Gasteiger partial charge is 0.508 e. The summed E-state index contributed by atoms with van der Waals surface area (Å²) in [5.41, 5.74) is 1.53. The number of piperidine rings is 1. The highest BCUT2D eigenvalue weighted by molar-refractivity contribution is 7.19. The van der Waals surface area contributed by atoms with Crippen molar-refractivity contribution in [1.29, 1.82) is 0 Å². The van der Waals surface area contributed by atoms with Gasteiger partial charge in [-0.05, 0) is 92.4 Å². The van der Waals surface area contributed by atoms with Crippen LogP contribution in [-0.2, 0) is 0 Å². The molecule has 5 rings (SSSR count). The van der Waals surface area contributed by atoms with Gasteiger partial charge in [0, 0.05) is 39.2 Å². The zero-order valence-electron chi connectivity index (χ0n) is 21.0. The fourth-order valence-corrected chi connectivity index (χ4v) is 7.31. The van der Waals surface area contributed by atoms with E-state index in [0.29, 0.717) is 24.0 Å². The second-order valence-corrected chi connectivity index (χ2v) is 11.8. The molecule has 0 bridgehead atoms. The molecule has 3 aromatic rings. The number of benzene rings is 2. The fraction of sp³-hybridized carbons (Fsp3) is 0.500. The Hall–Kier alpha value is -2.37. The number of fused-ring (bicyclic) bond motifs is 1. The molecule has 3 atom stereocenters. The van der Waals surface area contributed by atoms with Crippen LogP contribution in [0.5, 0.6) is 11.5 Å². The third-order valence-corrected chi connectivity index (χ3v) is 9.08. The lowest BCUT2D eigenvalue weighted by Crippen LogP contribution is -2.37. The van der Waals surface area contributed by atoms with Gasteiger partial charge in [0.25, 0.3) is 0 Å². The minimum Gasteiger partial charge on any atom is -0.508 e. The third kappa shape index (κ3) is 5.57. The average Bonchev–Trinajstić information content (AvgIpc) is 3.23. The van der Waals surface area contributed by atoms with Gasteiger partial charge in [-0.2, -0.15) is 0 Å². The van der Waals surface area contributed by atoms with E-state index in [9.17, 15) is 9.90 Å². The molecule has 2 aromatic carbocycles. The van der Waals surface area contributed by atoms with Crippen molar-refractivity contribution in [3.63, 3.8) is 0 Å². The number of rotatable bonds is 7. The van der Waals surface area contributed by atoms with Crippen LogP contribution < -0.4 is 4.74 Å². The maximum absolute atomic E-state index is 13.8. The van der Waals surface area contributed by atoms with Crippen LogP contribution in [0.2, 0.25) is 0 Å². The topological polar surface area (TPSA) is 49.8 Å². The molecule has 1 saturated heterocycles. The number of nitrogens with zero attached hydrogens (tertiary/aromatic N) is 1. The zero-order valence-corrected chi connectivity index (χ0v) is 21.8. The Balaban J connectivity index is 1.33. The molecule has 0 radical (unpaired) electrons. The Bertz CT molecular complexity index is 1170. The van der Waals surface area contributed by atoms with Crippen LogP contribution in [0.4, 0.5) is 0 Å². The molecule has 4 nitrogen and oxygen atoms in total. The lowest BCUT2D eigenvalue weighted by atomic mass is 9.80. The minimum absolute atomic E-state index is 0.0732. The molecule has 186 valence electrons. The van der Waals surface area contributed by atoms with E-state index in [-0.39, 0.29) is 11.5 Å². The van der Waals surface area contributed by atoms with Crippen molar-refractivity contribution < 1.29 is 14.6 Å². The van der Waals surface area contributed by atoms with Crippen LogP contribution >= 0.6 is 11.3 Å². The highest BCUT2D eigenvalue weighted by atomic mass is 32.1. The van der Waals surface area contributed by atoms with E-state index in [1.54, 1.807) is 23.5 Å². The molecule has 1 aliphatic heterocycles. The second-order valence-electron chi connectivity index (χ2n) is 10.7. The zero-order chi connectivity index (χ0) is 24.4. The number of ether oxygens (including phenoxy) is 1. The normalized spacial score (nSPS) is 23.4. The van der Waals surface area contributed by atoms with E-state index in [0.717, 1.165) is 59.8 Å². The van der Waals surface area contributed by atoms with Gasteiger partial charge in [-0.25, -0.2) is 0 Å². The van der Waals surface area contributed by atoms with Gasteiger partial charge in [0.1, 0.15) is 18.1 Å². The molecule has 2 aliphatic rings. The highest BCUT2D eigenvalue weighted by Crippen LogP contribution is 2.45. The molecule has 2 heterocycles. The quantitative estimate of drug-likeness (QED) is 0.354. The van der Waals surface area contributed by atoms with E-state index in [2.05, 4.69) is 18.7 Å². The van der Waals surface area contributed by atoms with Gasteiger partial charge in [0.15, 0.2) is 5.78 Å². The molecule has 1 aromatic heterocycles. The van der Waals surface area contributed by atoms with E-state index in [4.69, 9.17) is 4.74 Å². The Morgan fingerprint density at radius 1 is 1.06 bits per heavy atom. The number of hydrogen-bond donors (Lipinski definition) is 1. The van der Waals surface area contributed by atoms with Crippen LogP contribution in [0.25, 0.3) is 10.1 Å². The molecule has 1 saturated carbocycles. The van der Waals surface area contributed by atoms with Gasteiger partial charge in [-0.3, -0.25) is 9.69 Å². The smallest absolute Gasteiger partial charge is 0.194 e. The SMILES string of the molecule is CC1CCCC(c2sc3cc(O)ccc3c2C(=O)c2ccc(OCCN3CCCC(C)C3)cc2)C1. The third-order valence-electron chi connectivity index (χ3n) is 7.77. The number of phenols is 1. The van der Waals surface area contributed by atoms with Crippen LogP contribution in [0, 0.1) is 11.8 Å². The first kappa shape index (κ1) is 24.3. The molecule has 2 fully saturated rings. The van der Waals surface area contributed by atoms with E-state index < -0.39 is 0 Å². The molecular formula is C30H37NO3S. The molecule has 3 unspecified atom stereocenters. The van der Waals surface area contributed by atoms with Gasteiger partial charge < -0.3 is 9.84 Å². The highest BCUT2D eigenvalue weighted by Gasteiger charge is 2.29. The standard InChI is InChI=1S/C30H37NO3S/c1-20-5-3-7-23(17-20)30-28(26-13-10-24(32)18-27(26)35-30)29(33)22-8-11-25(12-9-22)34-16-15-31-14-4-6-21(2)19-31/h8-13,18,20-21,23,32H,3-7,14-17,19H2,1-2H3. The summed E-state index contributed by atoms with van der Waals surface area (Å²) in [6, 6.07) is 13.0. The number of thiophene rings is 1. The lowest BCUT2D eigenvalue weighted by molar-refractivity contribution is 0.103. The van der Waals surface area contributed by atoms with Gasteiger partial charge in [0.05, 0.1) is 0 Å². The van der Waals surface area contributed by atoms with Crippen molar-refractivity contribution >= 4 is 27.2 Å².